The highest BCUT2D eigenvalue weighted by Gasteiger charge is 2.12. The molecule has 2 aromatic heterocycles. The van der Waals surface area contributed by atoms with Gasteiger partial charge in [-0.25, -0.2) is 4.98 Å². The maximum Gasteiger partial charge on any atom is 0.234 e. The number of nitrogens with zero attached hydrogens (tertiary/aromatic N) is 4. The molecule has 0 radical (unpaired) electrons. The van der Waals surface area contributed by atoms with E-state index in [4.69, 9.17) is 4.42 Å². The number of aryl methyl sites for hydroxylation is 1. The largest absolute Gasteiger partial charge is 0.441 e. The fraction of sp³-hybridized carbons (Fsp3) is 0.217. The van der Waals surface area contributed by atoms with Crippen LogP contribution in [0.1, 0.15) is 31.1 Å². The number of carbonyl (C=O) groups is 1. The highest BCUT2D eigenvalue weighted by Crippen LogP contribution is 2.25. The molecule has 158 valence electrons. The Balaban J connectivity index is 1.35. The number of thioether (sulfide) groups is 1. The van der Waals surface area contributed by atoms with Crippen LogP contribution >= 0.6 is 11.8 Å². The molecule has 7 nitrogen and oxygen atoms in total. The van der Waals surface area contributed by atoms with Gasteiger partial charge >= 0.3 is 0 Å². The van der Waals surface area contributed by atoms with E-state index in [0.717, 1.165) is 17.0 Å². The monoisotopic (exact) mass is 433 g/mol. The van der Waals surface area contributed by atoms with E-state index in [2.05, 4.69) is 34.3 Å². The van der Waals surface area contributed by atoms with Crippen molar-refractivity contribution in [3.8, 4) is 17.1 Å². The van der Waals surface area contributed by atoms with E-state index in [1.165, 1.54) is 17.3 Å². The number of anilines is 1. The Kier molecular flexibility index (Phi) is 6.18. The first-order valence-electron chi connectivity index (χ1n) is 9.95. The van der Waals surface area contributed by atoms with Crippen molar-refractivity contribution in [3.63, 3.8) is 0 Å². The lowest BCUT2D eigenvalue weighted by molar-refractivity contribution is -0.113. The topological polar surface area (TPSA) is 85.8 Å². The van der Waals surface area contributed by atoms with Crippen molar-refractivity contribution in [2.24, 2.45) is 0 Å². The van der Waals surface area contributed by atoms with Gasteiger partial charge in [-0.3, -0.25) is 9.36 Å². The van der Waals surface area contributed by atoms with Crippen molar-refractivity contribution in [2.75, 3.05) is 11.1 Å². The number of benzene rings is 2. The van der Waals surface area contributed by atoms with E-state index < -0.39 is 0 Å². The summed E-state index contributed by atoms with van der Waals surface area (Å²) in [5.74, 6) is 1.82. The molecule has 0 spiro atoms. The first-order valence-corrected chi connectivity index (χ1v) is 10.9. The molecule has 0 aliphatic rings. The van der Waals surface area contributed by atoms with Crippen LogP contribution in [0.4, 0.5) is 5.69 Å². The first-order chi connectivity index (χ1) is 15.0. The molecule has 8 heteroatoms. The van der Waals surface area contributed by atoms with Crippen molar-refractivity contribution in [1.29, 1.82) is 0 Å². The maximum atomic E-state index is 12.4. The zero-order valence-corrected chi connectivity index (χ0v) is 18.4. The summed E-state index contributed by atoms with van der Waals surface area (Å²) in [5.41, 5.74) is 3.72. The van der Waals surface area contributed by atoms with Crippen LogP contribution in [0.15, 0.2) is 70.6 Å². The minimum Gasteiger partial charge on any atom is -0.441 e. The Morgan fingerprint density at radius 1 is 1.13 bits per heavy atom. The Bertz CT molecular complexity index is 1160. The third kappa shape index (κ3) is 5.03. The molecule has 0 fully saturated rings. The summed E-state index contributed by atoms with van der Waals surface area (Å²) in [6, 6.07) is 15.5. The molecule has 31 heavy (non-hydrogen) atoms. The van der Waals surface area contributed by atoms with Gasteiger partial charge < -0.3 is 9.73 Å². The van der Waals surface area contributed by atoms with Crippen LogP contribution in [-0.4, -0.2) is 31.4 Å². The number of carbonyl (C=O) groups excluding carboxylic acids is 1. The van der Waals surface area contributed by atoms with Gasteiger partial charge in [-0.1, -0.05) is 43.3 Å². The predicted molar refractivity (Wildman–Crippen MR) is 121 cm³/mol. The molecular weight excluding hydrogens is 410 g/mol. The van der Waals surface area contributed by atoms with Gasteiger partial charge in [0.25, 0.3) is 0 Å². The van der Waals surface area contributed by atoms with E-state index in [1.54, 1.807) is 12.5 Å². The SMILES string of the molecule is Cc1ccc(-n2cnnc2SCC(=O)Nc2ccc(-c3ncc(C(C)C)o3)cc2)cc1. The van der Waals surface area contributed by atoms with Crippen LogP contribution in [-0.2, 0) is 4.79 Å². The van der Waals surface area contributed by atoms with Gasteiger partial charge in [0.2, 0.25) is 11.8 Å². The van der Waals surface area contributed by atoms with Gasteiger partial charge in [0.05, 0.1) is 11.9 Å². The molecular formula is C23H23N5O2S. The summed E-state index contributed by atoms with van der Waals surface area (Å²) < 4.78 is 7.64. The lowest BCUT2D eigenvalue weighted by Crippen LogP contribution is -2.14. The van der Waals surface area contributed by atoms with E-state index in [-0.39, 0.29) is 17.6 Å². The van der Waals surface area contributed by atoms with Crippen LogP contribution in [0.2, 0.25) is 0 Å². The number of amides is 1. The van der Waals surface area contributed by atoms with E-state index >= 15 is 0 Å². The Labute approximate surface area is 184 Å². The van der Waals surface area contributed by atoms with Crippen LogP contribution in [0.5, 0.6) is 0 Å². The van der Waals surface area contributed by atoms with Gasteiger partial charge in [0.15, 0.2) is 5.16 Å². The third-order valence-electron chi connectivity index (χ3n) is 4.67. The Morgan fingerprint density at radius 2 is 1.87 bits per heavy atom. The fourth-order valence-electron chi connectivity index (χ4n) is 2.92. The molecule has 0 saturated heterocycles. The zero-order chi connectivity index (χ0) is 21.8. The van der Waals surface area contributed by atoms with Crippen molar-refractivity contribution in [3.05, 3.63) is 72.4 Å². The van der Waals surface area contributed by atoms with Gasteiger partial charge in [0.1, 0.15) is 12.1 Å². The number of hydrogen-bond donors (Lipinski definition) is 1. The lowest BCUT2D eigenvalue weighted by atomic mass is 10.2. The summed E-state index contributed by atoms with van der Waals surface area (Å²) in [7, 11) is 0. The average Bonchev–Trinajstić information content (AvgIpc) is 3.43. The van der Waals surface area contributed by atoms with E-state index in [0.29, 0.717) is 16.7 Å². The summed E-state index contributed by atoms with van der Waals surface area (Å²) in [5, 5.41) is 11.7. The molecule has 0 bridgehead atoms. The quantitative estimate of drug-likeness (QED) is 0.409. The molecule has 1 N–H and O–H groups in total. The minimum absolute atomic E-state index is 0.116. The number of rotatable bonds is 7. The summed E-state index contributed by atoms with van der Waals surface area (Å²) in [6.07, 6.45) is 3.40. The highest BCUT2D eigenvalue weighted by molar-refractivity contribution is 7.99. The summed E-state index contributed by atoms with van der Waals surface area (Å²) >= 11 is 1.34. The standard InChI is InChI=1S/C23H23N5O2S/c1-15(2)20-12-24-22(30-20)17-6-8-18(9-7-17)26-21(29)13-31-23-27-25-14-28(23)19-10-4-16(3)5-11-19/h4-12,14-15H,13H2,1-3H3,(H,26,29). The molecule has 0 atom stereocenters. The zero-order valence-electron chi connectivity index (χ0n) is 17.6. The number of oxazole rings is 1. The second kappa shape index (κ2) is 9.18. The maximum absolute atomic E-state index is 12.4. The second-order valence-corrected chi connectivity index (χ2v) is 8.40. The van der Waals surface area contributed by atoms with Crippen LogP contribution < -0.4 is 5.32 Å². The molecule has 4 rings (SSSR count). The first kappa shape index (κ1) is 20.9. The molecule has 0 aliphatic heterocycles. The van der Waals surface area contributed by atoms with Crippen LogP contribution in [0, 0.1) is 6.92 Å². The Morgan fingerprint density at radius 3 is 2.55 bits per heavy atom. The van der Waals surface area contributed by atoms with Crippen molar-refractivity contribution in [1.82, 2.24) is 19.7 Å². The van der Waals surface area contributed by atoms with Crippen molar-refractivity contribution in [2.45, 2.75) is 31.8 Å². The Hall–Kier alpha value is -3.39. The third-order valence-corrected chi connectivity index (χ3v) is 5.61. The predicted octanol–water partition coefficient (Wildman–Crippen LogP) is 5.08. The number of nitrogens with one attached hydrogen (secondary N) is 1. The highest BCUT2D eigenvalue weighted by atomic mass is 32.2. The smallest absolute Gasteiger partial charge is 0.234 e. The summed E-state index contributed by atoms with van der Waals surface area (Å²) in [4.78, 5) is 16.7. The van der Waals surface area contributed by atoms with Gasteiger partial charge in [0, 0.05) is 22.9 Å². The molecule has 0 unspecified atom stereocenters. The molecule has 2 aromatic carbocycles. The molecule has 2 heterocycles. The minimum atomic E-state index is -0.116. The molecule has 0 saturated carbocycles. The molecule has 0 aliphatic carbocycles. The van der Waals surface area contributed by atoms with E-state index in [9.17, 15) is 4.79 Å². The van der Waals surface area contributed by atoms with Crippen LogP contribution in [0.3, 0.4) is 0 Å². The van der Waals surface area contributed by atoms with Gasteiger partial charge in [-0.05, 0) is 43.3 Å². The van der Waals surface area contributed by atoms with Gasteiger partial charge in [-0.2, -0.15) is 0 Å². The lowest BCUT2D eigenvalue weighted by Gasteiger charge is -2.08. The number of hydrogen-bond acceptors (Lipinski definition) is 6. The van der Waals surface area contributed by atoms with E-state index in [1.807, 2.05) is 60.0 Å². The van der Waals surface area contributed by atoms with Crippen LogP contribution in [0.25, 0.3) is 17.1 Å². The fourth-order valence-corrected chi connectivity index (χ4v) is 3.64. The second-order valence-electron chi connectivity index (χ2n) is 7.46. The molecule has 4 aromatic rings. The van der Waals surface area contributed by atoms with Crippen molar-refractivity contribution >= 4 is 23.4 Å². The normalized spacial score (nSPS) is 11.1. The molecule has 1 amide bonds. The number of aromatic nitrogens is 4. The average molecular weight is 434 g/mol. The summed E-state index contributed by atoms with van der Waals surface area (Å²) in [6.45, 7) is 6.16. The van der Waals surface area contributed by atoms with Gasteiger partial charge in [-0.15, -0.1) is 10.2 Å². The van der Waals surface area contributed by atoms with Crippen molar-refractivity contribution < 1.29 is 9.21 Å².